The first-order chi connectivity index (χ1) is 14.3. The Hall–Kier alpha value is -2.78. The second-order valence-corrected chi connectivity index (χ2v) is 7.43. The number of carbonyl (C=O) groups is 3. The molecule has 160 valence electrons. The molecule has 2 heterocycles. The fraction of sp³-hybridized carbons (Fsp3) is 0.368. The van der Waals surface area contributed by atoms with Crippen LogP contribution < -0.4 is 5.32 Å². The molecule has 9 nitrogen and oxygen atoms in total. The van der Waals surface area contributed by atoms with Gasteiger partial charge in [-0.1, -0.05) is 29.3 Å². The highest BCUT2D eigenvalue weighted by Gasteiger charge is 2.37. The lowest BCUT2D eigenvalue weighted by molar-refractivity contribution is -0.149. The number of hydrogen-bond donors (Lipinski definition) is 2. The first kappa shape index (κ1) is 21.9. The zero-order valence-corrected chi connectivity index (χ0v) is 17.8. The molecule has 0 saturated carbocycles. The number of amides is 2. The number of methoxy groups -OCH3 is 2. The summed E-state index contributed by atoms with van der Waals surface area (Å²) in [4.78, 5) is 45.8. The Labute approximate surface area is 182 Å². The number of imidazole rings is 1. The van der Waals surface area contributed by atoms with Crippen LogP contribution in [0.1, 0.15) is 29.4 Å². The molecule has 2 aromatic rings. The highest BCUT2D eigenvalue weighted by Crippen LogP contribution is 2.37. The van der Waals surface area contributed by atoms with E-state index in [0.29, 0.717) is 34.3 Å². The summed E-state index contributed by atoms with van der Waals surface area (Å²) in [7, 11) is 2.37. The highest BCUT2D eigenvalue weighted by molar-refractivity contribution is 6.35. The van der Waals surface area contributed by atoms with Crippen LogP contribution in [0.25, 0.3) is 0 Å². The van der Waals surface area contributed by atoms with E-state index in [1.54, 1.807) is 24.5 Å². The van der Waals surface area contributed by atoms with Crippen molar-refractivity contribution >= 4 is 41.2 Å². The maximum absolute atomic E-state index is 13.1. The number of nitrogens with one attached hydrogen (secondary N) is 2. The number of aromatic nitrogens is 2. The Morgan fingerprint density at radius 2 is 2.07 bits per heavy atom. The van der Waals surface area contributed by atoms with Crippen molar-refractivity contribution in [3.63, 3.8) is 0 Å². The molecule has 3 rings (SSSR count). The molecule has 1 aliphatic rings. The molecule has 11 heteroatoms. The molecule has 30 heavy (non-hydrogen) atoms. The van der Waals surface area contributed by atoms with E-state index in [1.807, 2.05) is 0 Å². The lowest BCUT2D eigenvalue weighted by Crippen LogP contribution is -2.52. The van der Waals surface area contributed by atoms with Crippen LogP contribution in [0, 0.1) is 0 Å². The van der Waals surface area contributed by atoms with Crippen LogP contribution in [0.4, 0.5) is 4.79 Å². The molecule has 1 aromatic heterocycles. The number of halogens is 2. The Balaban J connectivity index is 1.93. The minimum absolute atomic E-state index is 0.330. The number of H-pyrrole nitrogens is 1. The number of carbonyl (C=O) groups excluding carboxylic acids is 3. The summed E-state index contributed by atoms with van der Waals surface area (Å²) in [5, 5.41) is 3.40. The number of hydrogen-bond acceptors (Lipinski definition) is 6. The van der Waals surface area contributed by atoms with Crippen LogP contribution in [0.5, 0.6) is 0 Å². The number of rotatable bonds is 5. The van der Waals surface area contributed by atoms with E-state index in [0.717, 1.165) is 5.69 Å². The molecule has 1 aromatic carbocycles. The van der Waals surface area contributed by atoms with Crippen molar-refractivity contribution < 1.29 is 23.9 Å². The summed E-state index contributed by atoms with van der Waals surface area (Å²) in [6, 6.07) is 2.61. The normalized spacial score (nSPS) is 16.4. The van der Waals surface area contributed by atoms with E-state index < -0.39 is 30.1 Å². The summed E-state index contributed by atoms with van der Waals surface area (Å²) < 4.78 is 9.30. The maximum Gasteiger partial charge on any atom is 0.329 e. The molecule has 0 bridgehead atoms. The number of fused-ring (bicyclic) bond motifs is 1. The van der Waals surface area contributed by atoms with Gasteiger partial charge in [0, 0.05) is 28.7 Å². The number of ether oxygens (including phenoxy) is 2. The highest BCUT2D eigenvalue weighted by atomic mass is 35.5. The van der Waals surface area contributed by atoms with Gasteiger partial charge in [0.1, 0.15) is 12.1 Å². The van der Waals surface area contributed by atoms with Crippen molar-refractivity contribution in [2.45, 2.75) is 24.9 Å². The smallest absolute Gasteiger partial charge is 0.329 e. The van der Waals surface area contributed by atoms with Gasteiger partial charge in [-0.2, -0.15) is 0 Å². The number of nitrogens with zero attached hydrogens (tertiary/aromatic N) is 2. The van der Waals surface area contributed by atoms with E-state index in [-0.39, 0.29) is 6.42 Å². The predicted molar refractivity (Wildman–Crippen MR) is 108 cm³/mol. The molecular formula is C19H20Cl2N4O5. The fourth-order valence-corrected chi connectivity index (χ4v) is 3.86. The van der Waals surface area contributed by atoms with Crippen LogP contribution in [-0.4, -0.2) is 59.6 Å². The number of aromatic amines is 1. The van der Waals surface area contributed by atoms with E-state index in [4.69, 9.17) is 27.9 Å². The van der Waals surface area contributed by atoms with Crippen molar-refractivity contribution in [3.8, 4) is 0 Å². The Kier molecular flexibility index (Phi) is 6.84. The van der Waals surface area contributed by atoms with Crippen LogP contribution in [0.3, 0.4) is 0 Å². The second kappa shape index (κ2) is 9.36. The average molecular weight is 455 g/mol. The van der Waals surface area contributed by atoms with Gasteiger partial charge in [0.15, 0.2) is 0 Å². The second-order valence-electron chi connectivity index (χ2n) is 6.58. The minimum atomic E-state index is -1.20. The standard InChI is InChI=1S/C19H20Cl2N4O5/c1-29-15(26)8-14(18(27)30-2)24-19(28)25-6-5-13-16(23-9-22-13)17(25)11-4-3-10(20)7-12(11)21/h3-4,7,9,14,17H,5-6,8H2,1-2H3,(H,22,23)(H,24,28)/t14-,17+/m0/s1. The number of urea groups is 1. The van der Waals surface area contributed by atoms with Crippen LogP contribution in [0.2, 0.25) is 10.0 Å². The lowest BCUT2D eigenvalue weighted by Gasteiger charge is -2.36. The molecule has 1 aliphatic heterocycles. The summed E-state index contributed by atoms with van der Waals surface area (Å²) >= 11 is 12.4. The van der Waals surface area contributed by atoms with Crippen molar-refractivity contribution in [1.82, 2.24) is 20.2 Å². The summed E-state index contributed by atoms with van der Waals surface area (Å²) in [5.74, 6) is -1.41. The van der Waals surface area contributed by atoms with Gasteiger partial charge in [-0.15, -0.1) is 0 Å². The largest absolute Gasteiger partial charge is 0.469 e. The number of esters is 2. The van der Waals surface area contributed by atoms with Gasteiger partial charge in [-0.3, -0.25) is 4.79 Å². The van der Waals surface area contributed by atoms with Crippen molar-refractivity contribution in [1.29, 1.82) is 0 Å². The fourth-order valence-electron chi connectivity index (χ4n) is 3.35. The summed E-state index contributed by atoms with van der Waals surface area (Å²) in [5.41, 5.74) is 2.16. The third-order valence-corrected chi connectivity index (χ3v) is 5.39. The monoisotopic (exact) mass is 454 g/mol. The van der Waals surface area contributed by atoms with E-state index in [1.165, 1.54) is 19.1 Å². The average Bonchev–Trinajstić information content (AvgIpc) is 3.21. The van der Waals surface area contributed by atoms with Gasteiger partial charge >= 0.3 is 18.0 Å². The Morgan fingerprint density at radius 1 is 1.30 bits per heavy atom. The molecule has 2 N–H and O–H groups in total. The van der Waals surface area contributed by atoms with Crippen molar-refractivity contribution in [2.75, 3.05) is 20.8 Å². The third-order valence-electron chi connectivity index (χ3n) is 4.82. The van der Waals surface area contributed by atoms with Crippen molar-refractivity contribution in [3.05, 3.63) is 51.5 Å². The zero-order chi connectivity index (χ0) is 21.8. The minimum Gasteiger partial charge on any atom is -0.469 e. The van der Waals surface area contributed by atoms with Gasteiger partial charge in [-0.25, -0.2) is 14.6 Å². The van der Waals surface area contributed by atoms with Crippen molar-refractivity contribution in [2.24, 2.45) is 0 Å². The number of benzene rings is 1. The van der Waals surface area contributed by atoms with Gasteiger partial charge in [0.25, 0.3) is 0 Å². The molecular weight excluding hydrogens is 435 g/mol. The molecule has 0 unspecified atom stereocenters. The molecule has 2 atom stereocenters. The molecule has 0 fully saturated rings. The SMILES string of the molecule is COC(=O)C[C@H](NC(=O)N1CCc2[nH]cnc2[C@H]1c1ccc(Cl)cc1Cl)C(=O)OC. The molecule has 0 spiro atoms. The zero-order valence-electron chi connectivity index (χ0n) is 16.3. The molecule has 0 radical (unpaired) electrons. The van der Waals surface area contributed by atoms with Gasteiger partial charge < -0.3 is 24.7 Å². The van der Waals surface area contributed by atoms with E-state index >= 15 is 0 Å². The quantitative estimate of drug-likeness (QED) is 0.670. The van der Waals surface area contributed by atoms with Gasteiger partial charge in [-0.05, 0) is 17.7 Å². The van der Waals surface area contributed by atoms with Crippen LogP contribution in [0.15, 0.2) is 24.5 Å². The summed E-state index contributed by atoms with van der Waals surface area (Å²) in [6.07, 6.45) is 1.73. The first-order valence-electron chi connectivity index (χ1n) is 9.04. The maximum atomic E-state index is 13.1. The molecule has 2 amide bonds. The van der Waals surface area contributed by atoms with Gasteiger partial charge in [0.2, 0.25) is 0 Å². The van der Waals surface area contributed by atoms with E-state index in [9.17, 15) is 14.4 Å². The Morgan fingerprint density at radius 3 is 2.73 bits per heavy atom. The third kappa shape index (κ3) is 4.52. The lowest BCUT2D eigenvalue weighted by atomic mass is 9.96. The Bertz CT molecular complexity index is 964. The molecule has 0 saturated heterocycles. The van der Waals surface area contributed by atoms with E-state index in [2.05, 4.69) is 20.0 Å². The van der Waals surface area contributed by atoms with Gasteiger partial charge in [0.05, 0.1) is 32.7 Å². The topological polar surface area (TPSA) is 114 Å². The van der Waals surface area contributed by atoms with Crippen LogP contribution >= 0.6 is 23.2 Å². The predicted octanol–water partition coefficient (Wildman–Crippen LogP) is 2.48. The summed E-state index contributed by atoms with van der Waals surface area (Å²) in [6.45, 7) is 0.330. The first-order valence-corrected chi connectivity index (χ1v) is 9.80. The molecule has 0 aliphatic carbocycles. The van der Waals surface area contributed by atoms with Crippen LogP contribution in [-0.2, 0) is 25.5 Å².